The van der Waals surface area contributed by atoms with Crippen molar-refractivity contribution in [1.82, 2.24) is 5.32 Å². The molecule has 2 aliphatic rings. The molecule has 0 saturated carbocycles. The summed E-state index contributed by atoms with van der Waals surface area (Å²) in [5.74, 6) is -0.896. The van der Waals surface area contributed by atoms with E-state index in [-0.39, 0.29) is 18.2 Å². The number of amides is 3. The van der Waals surface area contributed by atoms with Gasteiger partial charge in [-0.1, -0.05) is 30.9 Å². The highest BCUT2D eigenvalue weighted by atomic mass is 16.2. The summed E-state index contributed by atoms with van der Waals surface area (Å²) < 4.78 is 0. The first-order valence-electron chi connectivity index (χ1n) is 7.47. The summed E-state index contributed by atoms with van der Waals surface area (Å²) >= 11 is 0. The van der Waals surface area contributed by atoms with Gasteiger partial charge in [-0.3, -0.25) is 24.6 Å². The molecule has 1 unspecified atom stereocenters. The average molecular weight is 306 g/mol. The average Bonchev–Trinajstić information content (AvgIpc) is 2.83. The van der Waals surface area contributed by atoms with E-state index in [1.165, 1.54) is 4.90 Å². The zero-order chi connectivity index (χ0) is 16.1. The molecule has 5 nitrogen and oxygen atoms in total. The zero-order valence-corrected chi connectivity index (χ0v) is 12.3. The van der Waals surface area contributed by atoms with Gasteiger partial charge in [0.2, 0.25) is 11.8 Å². The molecule has 4 rings (SSSR count). The first-order valence-corrected chi connectivity index (χ1v) is 7.47. The number of carbonyl (C=O) groups excluding carboxylic acids is 3. The van der Waals surface area contributed by atoms with Crippen LogP contribution in [0.4, 0.5) is 5.69 Å². The van der Waals surface area contributed by atoms with Gasteiger partial charge in [-0.05, 0) is 29.5 Å². The predicted molar refractivity (Wildman–Crippen MR) is 87.0 cm³/mol. The highest BCUT2D eigenvalue weighted by Crippen LogP contribution is 2.40. The maximum absolute atomic E-state index is 12.8. The van der Waals surface area contributed by atoms with Crippen molar-refractivity contribution in [3.8, 4) is 0 Å². The number of piperidine rings is 1. The third kappa shape index (κ3) is 1.83. The Morgan fingerprint density at radius 2 is 2.00 bits per heavy atom. The van der Waals surface area contributed by atoms with Crippen molar-refractivity contribution in [2.75, 3.05) is 4.90 Å². The van der Waals surface area contributed by atoms with Crippen LogP contribution in [0.1, 0.15) is 28.8 Å². The van der Waals surface area contributed by atoms with Crippen LogP contribution in [0.15, 0.2) is 36.9 Å². The molecule has 1 saturated heterocycles. The van der Waals surface area contributed by atoms with Gasteiger partial charge >= 0.3 is 0 Å². The molecule has 0 aromatic heterocycles. The van der Waals surface area contributed by atoms with Crippen molar-refractivity contribution < 1.29 is 14.4 Å². The fourth-order valence-corrected chi connectivity index (χ4v) is 3.44. The second-order valence-corrected chi connectivity index (χ2v) is 5.75. The van der Waals surface area contributed by atoms with Crippen LogP contribution >= 0.6 is 0 Å². The lowest BCUT2D eigenvalue weighted by Gasteiger charge is -2.30. The fraction of sp³-hybridized carbons (Fsp3) is 0.167. The van der Waals surface area contributed by atoms with E-state index in [1.54, 1.807) is 12.1 Å². The lowest BCUT2D eigenvalue weighted by atomic mass is 10.00. The van der Waals surface area contributed by atoms with Crippen LogP contribution in [0.3, 0.4) is 0 Å². The quantitative estimate of drug-likeness (QED) is 0.865. The Kier molecular flexibility index (Phi) is 2.84. The molecule has 114 valence electrons. The summed E-state index contributed by atoms with van der Waals surface area (Å²) in [4.78, 5) is 37.9. The summed E-state index contributed by atoms with van der Waals surface area (Å²) in [7, 11) is 0. The minimum Gasteiger partial charge on any atom is -0.295 e. The van der Waals surface area contributed by atoms with Crippen molar-refractivity contribution in [3.05, 3.63) is 48.0 Å². The van der Waals surface area contributed by atoms with Crippen molar-refractivity contribution in [1.29, 1.82) is 0 Å². The van der Waals surface area contributed by atoms with Gasteiger partial charge in [-0.25, -0.2) is 0 Å². The van der Waals surface area contributed by atoms with E-state index in [4.69, 9.17) is 0 Å². The maximum Gasteiger partial charge on any atom is 0.259 e. The largest absolute Gasteiger partial charge is 0.295 e. The Hall–Kier alpha value is -2.95. The van der Waals surface area contributed by atoms with Crippen molar-refractivity contribution in [2.45, 2.75) is 18.9 Å². The standard InChI is InChI=1S/C18H14N2O3/c1-2-10-6-7-12-16-11(10)4-3-5-13(16)20(18(12)23)14-8-9-15(21)19-17(14)22/h2-7,14H,1,8-9H2,(H,19,21,22). The lowest BCUT2D eigenvalue weighted by molar-refractivity contribution is -0.134. The molecule has 0 aliphatic carbocycles. The van der Waals surface area contributed by atoms with Gasteiger partial charge in [0.25, 0.3) is 5.91 Å². The molecule has 2 aromatic carbocycles. The molecule has 0 bridgehead atoms. The molecule has 2 aromatic rings. The topological polar surface area (TPSA) is 66.5 Å². The number of nitrogens with one attached hydrogen (secondary N) is 1. The molecule has 1 atom stereocenters. The molecular weight excluding hydrogens is 292 g/mol. The highest BCUT2D eigenvalue weighted by Gasteiger charge is 2.40. The van der Waals surface area contributed by atoms with E-state index < -0.39 is 11.9 Å². The minimum absolute atomic E-state index is 0.193. The summed E-state index contributed by atoms with van der Waals surface area (Å²) in [5.41, 5.74) is 2.26. The molecule has 3 amide bonds. The number of hydrogen-bond donors (Lipinski definition) is 1. The normalized spacial score (nSPS) is 20.1. The Labute approximate surface area is 132 Å². The van der Waals surface area contributed by atoms with Crippen LogP contribution in [-0.4, -0.2) is 23.8 Å². The SMILES string of the molecule is C=Cc1ccc2c3c(cccc13)N(C1CCC(=O)NC1=O)C2=O. The zero-order valence-electron chi connectivity index (χ0n) is 12.3. The van der Waals surface area contributed by atoms with Gasteiger partial charge < -0.3 is 0 Å². The second kappa shape index (κ2) is 4.78. The monoisotopic (exact) mass is 306 g/mol. The van der Waals surface area contributed by atoms with E-state index in [1.807, 2.05) is 24.3 Å². The Balaban J connectivity index is 1.90. The van der Waals surface area contributed by atoms with Gasteiger partial charge in [0.1, 0.15) is 6.04 Å². The maximum atomic E-state index is 12.8. The number of carbonyl (C=O) groups is 3. The minimum atomic E-state index is -0.648. The molecular formula is C18H14N2O3. The highest BCUT2D eigenvalue weighted by molar-refractivity contribution is 6.27. The van der Waals surface area contributed by atoms with Crippen molar-refractivity contribution >= 4 is 40.3 Å². The van der Waals surface area contributed by atoms with Crippen LogP contribution in [-0.2, 0) is 9.59 Å². The van der Waals surface area contributed by atoms with E-state index in [2.05, 4.69) is 11.9 Å². The molecule has 2 aliphatic heterocycles. The first kappa shape index (κ1) is 13.7. The van der Waals surface area contributed by atoms with Crippen LogP contribution < -0.4 is 10.2 Å². The molecule has 5 heteroatoms. The number of rotatable bonds is 2. The molecule has 0 spiro atoms. The van der Waals surface area contributed by atoms with Crippen LogP contribution in [0.5, 0.6) is 0 Å². The first-order chi connectivity index (χ1) is 11.1. The predicted octanol–water partition coefficient (Wildman–Crippen LogP) is 2.25. The molecule has 23 heavy (non-hydrogen) atoms. The van der Waals surface area contributed by atoms with Gasteiger partial charge in [0.05, 0.1) is 5.69 Å². The van der Waals surface area contributed by atoms with Gasteiger partial charge in [-0.15, -0.1) is 0 Å². The summed E-state index contributed by atoms with van der Waals surface area (Å²) in [6.45, 7) is 3.81. The van der Waals surface area contributed by atoms with E-state index in [0.717, 1.165) is 22.0 Å². The number of hydrogen-bond acceptors (Lipinski definition) is 3. The molecule has 0 radical (unpaired) electrons. The third-order valence-corrected chi connectivity index (χ3v) is 4.50. The summed E-state index contributed by atoms with van der Waals surface area (Å²) in [5, 5.41) is 4.11. The summed E-state index contributed by atoms with van der Waals surface area (Å²) in [6.07, 6.45) is 2.33. The van der Waals surface area contributed by atoms with Crippen LogP contribution in [0.25, 0.3) is 16.8 Å². The van der Waals surface area contributed by atoms with Gasteiger partial charge in [0, 0.05) is 17.4 Å². The Bertz CT molecular complexity index is 901. The Morgan fingerprint density at radius 1 is 1.17 bits per heavy atom. The lowest BCUT2D eigenvalue weighted by Crippen LogP contribution is -2.53. The van der Waals surface area contributed by atoms with Crippen molar-refractivity contribution in [3.63, 3.8) is 0 Å². The van der Waals surface area contributed by atoms with Crippen LogP contribution in [0, 0.1) is 0 Å². The van der Waals surface area contributed by atoms with Gasteiger partial charge in [0.15, 0.2) is 0 Å². The fourth-order valence-electron chi connectivity index (χ4n) is 3.44. The van der Waals surface area contributed by atoms with Crippen LogP contribution in [0.2, 0.25) is 0 Å². The Morgan fingerprint density at radius 3 is 2.74 bits per heavy atom. The number of benzene rings is 2. The van der Waals surface area contributed by atoms with Crippen molar-refractivity contribution in [2.24, 2.45) is 0 Å². The number of nitrogens with zero attached hydrogens (tertiary/aromatic N) is 1. The molecule has 1 fully saturated rings. The molecule has 1 N–H and O–H groups in total. The third-order valence-electron chi connectivity index (χ3n) is 4.50. The van der Waals surface area contributed by atoms with E-state index in [0.29, 0.717) is 12.0 Å². The second-order valence-electron chi connectivity index (χ2n) is 5.75. The van der Waals surface area contributed by atoms with Gasteiger partial charge in [-0.2, -0.15) is 0 Å². The molecule has 2 heterocycles. The smallest absolute Gasteiger partial charge is 0.259 e. The number of imide groups is 1. The summed E-state index contributed by atoms with van der Waals surface area (Å²) in [6, 6.07) is 8.64. The number of anilines is 1. The van der Waals surface area contributed by atoms with E-state index >= 15 is 0 Å². The van der Waals surface area contributed by atoms with E-state index in [9.17, 15) is 14.4 Å².